The highest BCUT2D eigenvalue weighted by atomic mass is 16.1. The number of benzene rings is 1. The zero-order valence-electron chi connectivity index (χ0n) is 11.5. The minimum atomic E-state index is -0.00829. The van der Waals surface area contributed by atoms with Crippen LogP contribution in [0.2, 0.25) is 0 Å². The molecule has 1 saturated carbocycles. The van der Waals surface area contributed by atoms with E-state index in [1.54, 1.807) is 6.08 Å². The second kappa shape index (κ2) is 6.41. The van der Waals surface area contributed by atoms with E-state index in [4.69, 9.17) is 5.73 Å². The molecule has 3 N–H and O–H groups in total. The first-order chi connectivity index (χ1) is 9.15. The van der Waals surface area contributed by atoms with Crippen molar-refractivity contribution in [3.05, 3.63) is 35.4 Å². The summed E-state index contributed by atoms with van der Waals surface area (Å²) in [6.07, 6.45) is 9.37. The van der Waals surface area contributed by atoms with E-state index in [-0.39, 0.29) is 5.91 Å². The van der Waals surface area contributed by atoms with Crippen molar-refractivity contribution in [1.29, 1.82) is 0 Å². The fraction of sp³-hybridized carbons (Fsp3) is 0.438. The Morgan fingerprint density at radius 1 is 1.32 bits per heavy atom. The van der Waals surface area contributed by atoms with Gasteiger partial charge in [-0.25, -0.2) is 0 Å². The molecule has 2 rings (SSSR count). The van der Waals surface area contributed by atoms with Crippen LogP contribution in [-0.4, -0.2) is 11.9 Å². The molecule has 1 aliphatic carbocycles. The summed E-state index contributed by atoms with van der Waals surface area (Å²) in [5.74, 6) is -0.00829. The fourth-order valence-corrected chi connectivity index (χ4v) is 2.43. The van der Waals surface area contributed by atoms with Gasteiger partial charge in [0.05, 0.1) is 0 Å². The maximum atomic E-state index is 11.8. The van der Waals surface area contributed by atoms with E-state index in [9.17, 15) is 4.79 Å². The Morgan fingerprint density at radius 2 is 2.05 bits per heavy atom. The summed E-state index contributed by atoms with van der Waals surface area (Å²) in [4.78, 5) is 11.8. The smallest absolute Gasteiger partial charge is 0.244 e. The molecule has 0 atom stereocenters. The van der Waals surface area contributed by atoms with Crippen LogP contribution in [0.1, 0.15) is 43.2 Å². The minimum Gasteiger partial charge on any atom is -0.398 e. The Morgan fingerprint density at radius 3 is 2.74 bits per heavy atom. The van der Waals surface area contributed by atoms with Gasteiger partial charge in [-0.3, -0.25) is 4.79 Å². The zero-order chi connectivity index (χ0) is 13.7. The van der Waals surface area contributed by atoms with Gasteiger partial charge in [0.1, 0.15) is 0 Å². The van der Waals surface area contributed by atoms with Crippen LogP contribution in [0.25, 0.3) is 6.08 Å². The van der Waals surface area contributed by atoms with Crippen LogP contribution in [0.5, 0.6) is 0 Å². The molecule has 1 aromatic carbocycles. The van der Waals surface area contributed by atoms with Crippen molar-refractivity contribution in [3.8, 4) is 0 Å². The Hall–Kier alpha value is -1.77. The van der Waals surface area contributed by atoms with Crippen LogP contribution in [0, 0.1) is 6.92 Å². The van der Waals surface area contributed by atoms with Crippen LogP contribution < -0.4 is 11.1 Å². The molecule has 3 heteroatoms. The van der Waals surface area contributed by atoms with Crippen LogP contribution >= 0.6 is 0 Å². The summed E-state index contributed by atoms with van der Waals surface area (Å²) in [6.45, 7) is 1.97. The Bertz CT molecular complexity index is 474. The van der Waals surface area contributed by atoms with Crippen molar-refractivity contribution in [1.82, 2.24) is 5.32 Å². The predicted molar refractivity (Wildman–Crippen MR) is 79.6 cm³/mol. The number of rotatable bonds is 3. The molecule has 0 unspecified atom stereocenters. The lowest BCUT2D eigenvalue weighted by Gasteiger charge is -2.21. The van der Waals surface area contributed by atoms with Crippen LogP contribution in [0.3, 0.4) is 0 Å². The number of hydrogen-bond acceptors (Lipinski definition) is 2. The first-order valence-corrected chi connectivity index (χ1v) is 7.00. The molecule has 0 heterocycles. The molecule has 0 spiro atoms. The molecule has 1 aromatic rings. The number of carbonyl (C=O) groups excluding carboxylic acids is 1. The normalized spacial score (nSPS) is 16.7. The van der Waals surface area contributed by atoms with Gasteiger partial charge in [-0.2, -0.15) is 0 Å². The molecular weight excluding hydrogens is 236 g/mol. The third kappa shape index (κ3) is 4.12. The lowest BCUT2D eigenvalue weighted by atomic mass is 9.95. The van der Waals surface area contributed by atoms with Gasteiger partial charge >= 0.3 is 0 Å². The van der Waals surface area contributed by atoms with Gasteiger partial charge in [-0.15, -0.1) is 0 Å². The van der Waals surface area contributed by atoms with Crippen molar-refractivity contribution in [3.63, 3.8) is 0 Å². The van der Waals surface area contributed by atoms with Gasteiger partial charge in [0.25, 0.3) is 0 Å². The molecule has 0 aliphatic heterocycles. The van der Waals surface area contributed by atoms with E-state index in [0.717, 1.165) is 29.7 Å². The Labute approximate surface area is 114 Å². The van der Waals surface area contributed by atoms with Crippen LogP contribution in [0.4, 0.5) is 5.69 Å². The van der Waals surface area contributed by atoms with Gasteiger partial charge in [0, 0.05) is 17.8 Å². The van der Waals surface area contributed by atoms with Crippen molar-refractivity contribution in [2.24, 2.45) is 0 Å². The molecule has 1 fully saturated rings. The number of nitrogens with two attached hydrogens (primary N) is 1. The van der Waals surface area contributed by atoms with E-state index >= 15 is 0 Å². The summed E-state index contributed by atoms with van der Waals surface area (Å²) in [6, 6.07) is 6.18. The standard InChI is InChI=1S/C16H22N2O/c1-12-7-8-13(11-15(12)17)9-10-16(19)18-14-5-3-2-4-6-14/h7-11,14H,2-6,17H2,1H3,(H,18,19)/b10-9+. The number of carbonyl (C=O) groups is 1. The molecule has 0 bridgehead atoms. The quantitative estimate of drug-likeness (QED) is 0.646. The lowest BCUT2D eigenvalue weighted by molar-refractivity contribution is -0.117. The topological polar surface area (TPSA) is 55.1 Å². The maximum absolute atomic E-state index is 11.8. The fourth-order valence-electron chi connectivity index (χ4n) is 2.43. The predicted octanol–water partition coefficient (Wildman–Crippen LogP) is 3.04. The summed E-state index contributed by atoms with van der Waals surface area (Å²) in [5.41, 5.74) is 8.62. The largest absolute Gasteiger partial charge is 0.398 e. The van der Waals surface area contributed by atoms with Gasteiger partial charge < -0.3 is 11.1 Å². The monoisotopic (exact) mass is 258 g/mol. The Balaban J connectivity index is 1.90. The van der Waals surface area contributed by atoms with Crippen molar-refractivity contribution >= 4 is 17.7 Å². The molecule has 0 saturated heterocycles. The second-order valence-electron chi connectivity index (χ2n) is 5.29. The zero-order valence-corrected chi connectivity index (χ0v) is 11.5. The first kappa shape index (κ1) is 13.7. The number of amides is 1. The molecule has 19 heavy (non-hydrogen) atoms. The number of aryl methyl sites for hydroxylation is 1. The summed E-state index contributed by atoms with van der Waals surface area (Å²) in [7, 11) is 0. The molecule has 1 aliphatic rings. The highest BCUT2D eigenvalue weighted by Crippen LogP contribution is 2.17. The number of hydrogen-bond donors (Lipinski definition) is 2. The van der Waals surface area contributed by atoms with Crippen molar-refractivity contribution in [2.45, 2.75) is 45.1 Å². The van der Waals surface area contributed by atoms with Gasteiger partial charge in [-0.1, -0.05) is 31.4 Å². The third-order valence-corrected chi connectivity index (χ3v) is 3.68. The van der Waals surface area contributed by atoms with E-state index in [2.05, 4.69) is 5.32 Å². The second-order valence-corrected chi connectivity index (χ2v) is 5.29. The molecule has 102 valence electrons. The Kier molecular flexibility index (Phi) is 4.61. The van der Waals surface area contributed by atoms with Gasteiger partial charge in [-0.05, 0) is 43.0 Å². The third-order valence-electron chi connectivity index (χ3n) is 3.68. The molecule has 0 aromatic heterocycles. The number of anilines is 1. The van der Waals surface area contributed by atoms with Crippen LogP contribution in [-0.2, 0) is 4.79 Å². The number of nitrogen functional groups attached to an aromatic ring is 1. The van der Waals surface area contributed by atoms with E-state index in [1.807, 2.05) is 31.2 Å². The minimum absolute atomic E-state index is 0.00829. The SMILES string of the molecule is Cc1ccc(/C=C/C(=O)NC2CCCCC2)cc1N. The average Bonchev–Trinajstić information content (AvgIpc) is 2.41. The molecule has 0 radical (unpaired) electrons. The molecular formula is C16H22N2O. The lowest BCUT2D eigenvalue weighted by Crippen LogP contribution is -2.34. The van der Waals surface area contributed by atoms with Crippen molar-refractivity contribution in [2.75, 3.05) is 5.73 Å². The first-order valence-electron chi connectivity index (χ1n) is 7.00. The van der Waals surface area contributed by atoms with Gasteiger partial charge in [0.2, 0.25) is 5.91 Å². The van der Waals surface area contributed by atoms with E-state index < -0.39 is 0 Å². The van der Waals surface area contributed by atoms with E-state index in [0.29, 0.717) is 6.04 Å². The van der Waals surface area contributed by atoms with Crippen LogP contribution in [0.15, 0.2) is 24.3 Å². The summed E-state index contributed by atoms with van der Waals surface area (Å²) >= 11 is 0. The van der Waals surface area contributed by atoms with Crippen molar-refractivity contribution < 1.29 is 4.79 Å². The molecule has 1 amide bonds. The number of nitrogens with one attached hydrogen (secondary N) is 1. The highest BCUT2D eigenvalue weighted by Gasteiger charge is 2.13. The summed E-state index contributed by atoms with van der Waals surface area (Å²) < 4.78 is 0. The molecule has 3 nitrogen and oxygen atoms in total. The van der Waals surface area contributed by atoms with E-state index in [1.165, 1.54) is 19.3 Å². The highest BCUT2D eigenvalue weighted by molar-refractivity contribution is 5.92. The summed E-state index contributed by atoms with van der Waals surface area (Å²) in [5, 5.41) is 3.06. The average molecular weight is 258 g/mol. The maximum Gasteiger partial charge on any atom is 0.244 e. The van der Waals surface area contributed by atoms with Gasteiger partial charge in [0.15, 0.2) is 0 Å².